The van der Waals surface area contributed by atoms with E-state index in [2.05, 4.69) is 30.0 Å². The molecule has 0 aliphatic carbocycles. The van der Waals surface area contributed by atoms with Crippen molar-refractivity contribution < 1.29 is 9.18 Å². The quantitative estimate of drug-likeness (QED) is 0.155. The Bertz CT molecular complexity index is 1440. The number of hydrogen-bond acceptors (Lipinski definition) is 3. The van der Waals surface area contributed by atoms with E-state index in [4.69, 9.17) is 0 Å². The van der Waals surface area contributed by atoms with Gasteiger partial charge in [0, 0.05) is 35.7 Å². The molecular formula is C31H28FN3O. The minimum atomic E-state index is -0.378. The highest BCUT2D eigenvalue weighted by atomic mass is 19.1. The first-order chi connectivity index (χ1) is 17.4. The summed E-state index contributed by atoms with van der Waals surface area (Å²) < 4.78 is 16.1. The minimum absolute atomic E-state index is 0.0353. The lowest BCUT2D eigenvalue weighted by Crippen LogP contribution is -2.21. The first-order valence-corrected chi connectivity index (χ1v) is 11.9. The number of para-hydroxylation sites is 1. The largest absolute Gasteiger partial charge is 0.367 e. The van der Waals surface area contributed by atoms with Crippen LogP contribution in [0, 0.1) is 31.0 Å². The predicted molar refractivity (Wildman–Crippen MR) is 143 cm³/mol. The number of nitriles is 1. The van der Waals surface area contributed by atoms with E-state index in [0.29, 0.717) is 16.9 Å². The molecule has 0 saturated carbocycles. The molecule has 0 fully saturated rings. The summed E-state index contributed by atoms with van der Waals surface area (Å²) in [6.07, 6.45) is 1.61. The molecule has 36 heavy (non-hydrogen) atoms. The van der Waals surface area contributed by atoms with E-state index in [0.717, 1.165) is 30.0 Å². The maximum absolute atomic E-state index is 14.4. The number of ketones is 1. The Labute approximate surface area is 211 Å². The molecule has 4 nitrogen and oxygen atoms in total. The third-order valence-corrected chi connectivity index (χ3v) is 6.30. The van der Waals surface area contributed by atoms with Crippen LogP contribution in [0.4, 0.5) is 10.1 Å². The number of benzene rings is 3. The summed E-state index contributed by atoms with van der Waals surface area (Å²) >= 11 is 0. The highest BCUT2D eigenvalue weighted by Gasteiger charge is 2.21. The summed E-state index contributed by atoms with van der Waals surface area (Å²) in [5.74, 6) is -0.751. The zero-order valence-electron chi connectivity index (χ0n) is 20.7. The van der Waals surface area contributed by atoms with Gasteiger partial charge >= 0.3 is 0 Å². The Morgan fingerprint density at radius 2 is 1.67 bits per heavy atom. The van der Waals surface area contributed by atoms with Gasteiger partial charge in [-0.3, -0.25) is 4.79 Å². The van der Waals surface area contributed by atoms with Crippen LogP contribution in [-0.2, 0) is 6.54 Å². The Morgan fingerprint density at radius 3 is 2.31 bits per heavy atom. The number of Topliss-reactive ketones (excluding diaryl/α,β-unsaturated/α-hetero) is 1. The van der Waals surface area contributed by atoms with Gasteiger partial charge in [0.25, 0.3) is 0 Å². The molecule has 1 aromatic heterocycles. The number of hydrogen-bond donors (Lipinski definition) is 0. The molecule has 180 valence electrons. The van der Waals surface area contributed by atoms with Gasteiger partial charge in [-0.05, 0) is 68.3 Å². The number of anilines is 1. The first-order valence-electron chi connectivity index (χ1n) is 11.9. The molecule has 0 radical (unpaired) electrons. The van der Waals surface area contributed by atoms with Crippen molar-refractivity contribution in [2.24, 2.45) is 0 Å². The highest BCUT2D eigenvalue weighted by Crippen LogP contribution is 2.26. The van der Waals surface area contributed by atoms with Gasteiger partial charge in [0.15, 0.2) is 0 Å². The third kappa shape index (κ3) is 5.13. The van der Waals surface area contributed by atoms with Crippen LogP contribution in [0.1, 0.15) is 39.8 Å². The average molecular weight is 478 g/mol. The van der Waals surface area contributed by atoms with Crippen molar-refractivity contribution in [1.82, 2.24) is 4.57 Å². The summed E-state index contributed by atoms with van der Waals surface area (Å²) in [5.41, 5.74) is 5.18. The van der Waals surface area contributed by atoms with Crippen molar-refractivity contribution in [3.05, 3.63) is 124 Å². The number of allylic oxidation sites excluding steroid dienone is 1. The monoisotopic (exact) mass is 477 g/mol. The number of aryl methyl sites for hydroxylation is 1. The van der Waals surface area contributed by atoms with E-state index in [-0.39, 0.29) is 17.2 Å². The molecule has 3 aromatic carbocycles. The van der Waals surface area contributed by atoms with Crippen molar-refractivity contribution in [3.8, 4) is 11.8 Å². The minimum Gasteiger partial charge on any atom is -0.367 e. The molecule has 0 saturated heterocycles. The van der Waals surface area contributed by atoms with E-state index in [1.54, 1.807) is 41.8 Å². The van der Waals surface area contributed by atoms with Crippen LogP contribution in [0.2, 0.25) is 0 Å². The van der Waals surface area contributed by atoms with Crippen LogP contribution in [0.15, 0.2) is 90.5 Å². The Hall–Kier alpha value is -4.43. The second-order valence-corrected chi connectivity index (χ2v) is 8.66. The van der Waals surface area contributed by atoms with Crippen LogP contribution in [0.25, 0.3) is 11.8 Å². The van der Waals surface area contributed by atoms with Gasteiger partial charge in [0.05, 0.1) is 5.69 Å². The van der Waals surface area contributed by atoms with Crippen LogP contribution in [0.5, 0.6) is 0 Å². The number of carbonyl (C=O) groups is 1. The number of rotatable bonds is 8. The van der Waals surface area contributed by atoms with Gasteiger partial charge in [-0.2, -0.15) is 5.26 Å². The van der Waals surface area contributed by atoms with E-state index in [9.17, 15) is 14.4 Å². The maximum Gasteiger partial charge on any atom is 0.205 e. The van der Waals surface area contributed by atoms with Crippen LogP contribution in [-0.4, -0.2) is 16.9 Å². The fourth-order valence-electron chi connectivity index (χ4n) is 4.43. The normalized spacial score (nSPS) is 11.2. The fraction of sp³-hybridized carbons (Fsp3) is 0.161. The lowest BCUT2D eigenvalue weighted by atomic mass is 10.0. The van der Waals surface area contributed by atoms with Crippen molar-refractivity contribution >= 4 is 17.5 Å². The van der Waals surface area contributed by atoms with Crippen molar-refractivity contribution in [1.29, 1.82) is 5.26 Å². The third-order valence-electron chi connectivity index (χ3n) is 6.30. The zero-order chi connectivity index (χ0) is 25.7. The van der Waals surface area contributed by atoms with Crippen molar-refractivity contribution in [2.75, 3.05) is 11.4 Å². The van der Waals surface area contributed by atoms with Crippen LogP contribution < -0.4 is 4.90 Å². The Balaban J connectivity index is 1.59. The molecule has 5 heteroatoms. The zero-order valence-corrected chi connectivity index (χ0v) is 20.7. The van der Waals surface area contributed by atoms with Gasteiger partial charge < -0.3 is 9.47 Å². The second-order valence-electron chi connectivity index (χ2n) is 8.66. The first kappa shape index (κ1) is 24.7. The fourth-order valence-corrected chi connectivity index (χ4v) is 4.43. The Morgan fingerprint density at radius 1 is 1.00 bits per heavy atom. The van der Waals surface area contributed by atoms with Gasteiger partial charge in [0.1, 0.15) is 17.5 Å². The summed E-state index contributed by atoms with van der Waals surface area (Å²) in [7, 11) is 0. The van der Waals surface area contributed by atoms with Gasteiger partial charge in [0.2, 0.25) is 5.78 Å². The topological polar surface area (TPSA) is 49.0 Å². The molecular weight excluding hydrogens is 449 g/mol. The van der Waals surface area contributed by atoms with Gasteiger partial charge in [-0.25, -0.2) is 4.39 Å². The number of aromatic nitrogens is 1. The molecule has 0 bridgehead atoms. The van der Waals surface area contributed by atoms with E-state index < -0.39 is 0 Å². The SMILES string of the molecule is CCN(Cc1ccccc1)c1ccc(/C=C(/C#N)C(=O)c2cc(C)n(-c3ccccc3F)c2C)cc1. The summed E-state index contributed by atoms with van der Waals surface area (Å²) in [6.45, 7) is 7.35. The predicted octanol–water partition coefficient (Wildman–Crippen LogP) is 7.05. The molecule has 0 spiro atoms. The van der Waals surface area contributed by atoms with Crippen molar-refractivity contribution in [2.45, 2.75) is 27.3 Å². The molecule has 0 atom stereocenters. The van der Waals surface area contributed by atoms with E-state index >= 15 is 0 Å². The smallest absolute Gasteiger partial charge is 0.205 e. The molecule has 4 rings (SSSR count). The molecule has 4 aromatic rings. The maximum atomic E-state index is 14.4. The molecule has 0 unspecified atom stereocenters. The van der Waals surface area contributed by atoms with Gasteiger partial charge in [-0.15, -0.1) is 0 Å². The standard InChI is InChI=1S/C31H28FN3O/c1-4-34(21-25-10-6-5-7-11-25)27-16-14-24(15-17-27)19-26(20-33)31(36)28-18-22(2)35(23(28)3)30-13-9-8-12-29(30)32/h5-19H,4,21H2,1-3H3/b26-19-. The van der Waals surface area contributed by atoms with E-state index in [1.165, 1.54) is 11.6 Å². The molecule has 0 amide bonds. The van der Waals surface area contributed by atoms with Gasteiger partial charge in [-0.1, -0.05) is 54.6 Å². The molecule has 0 aliphatic rings. The summed E-state index contributed by atoms with van der Waals surface area (Å²) in [5, 5.41) is 9.78. The number of halogens is 1. The Kier molecular flexibility index (Phi) is 7.46. The second kappa shape index (κ2) is 10.9. The molecule has 0 aliphatic heterocycles. The molecule has 1 heterocycles. The van der Waals surface area contributed by atoms with Crippen LogP contribution >= 0.6 is 0 Å². The van der Waals surface area contributed by atoms with Crippen LogP contribution in [0.3, 0.4) is 0 Å². The van der Waals surface area contributed by atoms with E-state index in [1.807, 2.05) is 49.4 Å². The highest BCUT2D eigenvalue weighted by molar-refractivity contribution is 6.14. The lowest BCUT2D eigenvalue weighted by molar-refractivity contribution is 0.103. The molecule has 0 N–H and O–H groups in total. The summed E-state index contributed by atoms with van der Waals surface area (Å²) in [4.78, 5) is 15.6. The van der Waals surface area contributed by atoms with Crippen molar-refractivity contribution in [3.63, 3.8) is 0 Å². The summed E-state index contributed by atoms with van der Waals surface area (Å²) in [6, 6.07) is 28.3. The lowest BCUT2D eigenvalue weighted by Gasteiger charge is -2.23. The number of carbonyl (C=O) groups excluding carboxylic acids is 1. The average Bonchev–Trinajstić information content (AvgIpc) is 3.20. The number of nitrogens with zero attached hydrogens (tertiary/aromatic N) is 3.